The Morgan fingerprint density at radius 3 is 2.62 bits per heavy atom. The van der Waals surface area contributed by atoms with Gasteiger partial charge in [-0.1, -0.05) is 11.6 Å². The highest BCUT2D eigenvalue weighted by atomic mass is 35.5. The van der Waals surface area contributed by atoms with Crippen LogP contribution in [-0.2, 0) is 24.9 Å². The Morgan fingerprint density at radius 2 is 2.14 bits per heavy atom. The van der Waals surface area contributed by atoms with Gasteiger partial charge in [-0.25, -0.2) is 13.5 Å². The van der Waals surface area contributed by atoms with Gasteiger partial charge in [-0.2, -0.15) is 5.10 Å². The van der Waals surface area contributed by atoms with E-state index in [9.17, 15) is 23.5 Å². The van der Waals surface area contributed by atoms with Crippen molar-refractivity contribution in [1.82, 2.24) is 15.1 Å². The second kappa shape index (κ2) is 5.69. The number of aliphatic hydroxyl groups is 1. The zero-order valence-electron chi connectivity index (χ0n) is 11.2. The van der Waals surface area contributed by atoms with E-state index in [-0.39, 0.29) is 29.1 Å². The van der Waals surface area contributed by atoms with Crippen LogP contribution in [0.1, 0.15) is 24.0 Å². The summed E-state index contributed by atoms with van der Waals surface area (Å²) in [5.41, 5.74) is -2.07. The number of carbonyl (C=O) groups is 1. The second-order valence-electron chi connectivity index (χ2n) is 5.02. The molecule has 116 valence electrons. The molecule has 6 nitrogen and oxygen atoms in total. The first kappa shape index (κ1) is 15.8. The number of hydrogen-bond acceptors (Lipinski definition) is 4. The summed E-state index contributed by atoms with van der Waals surface area (Å²) in [7, 11) is 1.35. The number of aliphatic hydroxyl groups excluding tert-OH is 1. The lowest BCUT2D eigenvalue weighted by molar-refractivity contribution is -0.122. The molecule has 1 heterocycles. The zero-order valence-corrected chi connectivity index (χ0v) is 12.0. The molecule has 1 amide bonds. The summed E-state index contributed by atoms with van der Waals surface area (Å²) in [6.45, 7) is -0.565. The Bertz CT molecular complexity index is 629. The number of aromatic nitrogens is 2. The number of rotatable bonds is 5. The van der Waals surface area contributed by atoms with Gasteiger partial charge in [0.2, 0.25) is 5.91 Å². The Labute approximate surface area is 123 Å². The minimum Gasteiger partial charge on any atom is -0.392 e. The van der Waals surface area contributed by atoms with E-state index in [0.29, 0.717) is 0 Å². The highest BCUT2D eigenvalue weighted by Gasteiger charge is 2.52. The van der Waals surface area contributed by atoms with Crippen LogP contribution < -0.4 is 10.9 Å². The molecule has 0 saturated heterocycles. The average molecular weight is 322 g/mol. The van der Waals surface area contributed by atoms with E-state index in [2.05, 4.69) is 10.4 Å². The standard InChI is InChI=1S/C12H14ClF2N3O3/c1-18-10(21)6(7(5-19)9(13)17-18)4-8(20)16-12(2-3-12)11(14)15/h11,19H,2-5H2,1H3,(H,16,20). The minimum absolute atomic E-state index is 0.0387. The predicted molar refractivity (Wildman–Crippen MR) is 70.2 cm³/mol. The van der Waals surface area contributed by atoms with Gasteiger partial charge in [0.25, 0.3) is 12.0 Å². The lowest BCUT2D eigenvalue weighted by Gasteiger charge is -2.17. The van der Waals surface area contributed by atoms with E-state index in [1.807, 2.05) is 0 Å². The lowest BCUT2D eigenvalue weighted by atomic mass is 10.1. The van der Waals surface area contributed by atoms with Gasteiger partial charge in [-0.05, 0) is 12.8 Å². The third kappa shape index (κ3) is 3.06. The molecule has 0 atom stereocenters. The first-order valence-electron chi connectivity index (χ1n) is 6.25. The van der Waals surface area contributed by atoms with E-state index in [1.165, 1.54) is 7.05 Å². The van der Waals surface area contributed by atoms with E-state index in [1.54, 1.807) is 0 Å². The summed E-state index contributed by atoms with van der Waals surface area (Å²) < 4.78 is 26.5. The summed E-state index contributed by atoms with van der Waals surface area (Å²) >= 11 is 5.80. The molecule has 1 aliphatic carbocycles. The fourth-order valence-corrected chi connectivity index (χ4v) is 2.33. The number of carbonyl (C=O) groups excluding carboxylic acids is 1. The van der Waals surface area contributed by atoms with Gasteiger partial charge in [0.1, 0.15) is 5.54 Å². The Morgan fingerprint density at radius 1 is 1.52 bits per heavy atom. The van der Waals surface area contributed by atoms with Gasteiger partial charge in [-0.15, -0.1) is 0 Å². The molecule has 9 heteroatoms. The molecule has 0 radical (unpaired) electrons. The van der Waals surface area contributed by atoms with Crippen LogP contribution in [0.25, 0.3) is 0 Å². The van der Waals surface area contributed by atoms with Gasteiger partial charge in [-0.3, -0.25) is 9.59 Å². The van der Waals surface area contributed by atoms with Gasteiger partial charge < -0.3 is 10.4 Å². The van der Waals surface area contributed by atoms with Crippen molar-refractivity contribution in [3.63, 3.8) is 0 Å². The Balaban J connectivity index is 2.24. The summed E-state index contributed by atoms with van der Waals surface area (Å²) in [6.07, 6.45) is -2.67. The molecule has 1 aliphatic rings. The molecule has 1 fully saturated rings. The van der Waals surface area contributed by atoms with Crippen molar-refractivity contribution in [3.05, 3.63) is 26.6 Å². The highest BCUT2D eigenvalue weighted by Crippen LogP contribution is 2.40. The van der Waals surface area contributed by atoms with Crippen molar-refractivity contribution in [2.24, 2.45) is 7.05 Å². The normalized spacial score (nSPS) is 16.1. The molecule has 1 aromatic heterocycles. The fourth-order valence-electron chi connectivity index (χ4n) is 2.04. The molecule has 1 aromatic rings. The van der Waals surface area contributed by atoms with Crippen molar-refractivity contribution in [2.45, 2.75) is 37.8 Å². The van der Waals surface area contributed by atoms with Gasteiger partial charge >= 0.3 is 0 Å². The molecule has 2 N–H and O–H groups in total. The molecule has 0 unspecified atom stereocenters. The average Bonchev–Trinajstić information content (AvgIpc) is 3.16. The topological polar surface area (TPSA) is 84.2 Å². The van der Waals surface area contributed by atoms with Crippen molar-refractivity contribution >= 4 is 17.5 Å². The first-order chi connectivity index (χ1) is 9.80. The van der Waals surface area contributed by atoms with Crippen LogP contribution in [0.4, 0.5) is 8.78 Å². The summed E-state index contributed by atoms with van der Waals surface area (Å²) in [6, 6.07) is 0. The molecule has 21 heavy (non-hydrogen) atoms. The quantitative estimate of drug-likeness (QED) is 0.821. The largest absolute Gasteiger partial charge is 0.392 e. The van der Waals surface area contributed by atoms with Crippen molar-refractivity contribution in [1.29, 1.82) is 0 Å². The van der Waals surface area contributed by atoms with Gasteiger partial charge in [0, 0.05) is 18.2 Å². The predicted octanol–water partition coefficient (Wildman–Crippen LogP) is 0.382. The highest BCUT2D eigenvalue weighted by molar-refractivity contribution is 6.30. The van der Waals surface area contributed by atoms with Gasteiger partial charge in [0.05, 0.1) is 13.0 Å². The zero-order chi connectivity index (χ0) is 15.8. The maximum Gasteiger partial charge on any atom is 0.270 e. The van der Waals surface area contributed by atoms with Crippen LogP contribution in [0, 0.1) is 0 Å². The summed E-state index contributed by atoms with van der Waals surface area (Å²) in [5, 5.41) is 15.1. The summed E-state index contributed by atoms with van der Waals surface area (Å²) in [5.74, 6) is -0.707. The minimum atomic E-state index is -2.65. The number of nitrogens with zero attached hydrogens (tertiary/aromatic N) is 2. The molecule has 1 saturated carbocycles. The van der Waals surface area contributed by atoms with Gasteiger partial charge in [0.15, 0.2) is 5.15 Å². The SMILES string of the molecule is Cn1nc(Cl)c(CO)c(CC(=O)NC2(C(F)F)CC2)c1=O. The maximum absolute atomic E-state index is 12.8. The molecule has 0 aliphatic heterocycles. The molecule has 0 spiro atoms. The smallest absolute Gasteiger partial charge is 0.270 e. The third-order valence-electron chi connectivity index (χ3n) is 3.49. The van der Waals surface area contributed by atoms with Crippen molar-refractivity contribution in [3.8, 4) is 0 Å². The summed E-state index contributed by atoms with van der Waals surface area (Å²) in [4.78, 5) is 23.8. The maximum atomic E-state index is 12.8. The van der Waals surface area contributed by atoms with E-state index < -0.39 is 36.5 Å². The number of amides is 1. The van der Waals surface area contributed by atoms with Crippen molar-refractivity contribution in [2.75, 3.05) is 0 Å². The first-order valence-corrected chi connectivity index (χ1v) is 6.63. The van der Waals surface area contributed by atoms with Crippen LogP contribution in [-0.4, -0.2) is 32.8 Å². The second-order valence-corrected chi connectivity index (χ2v) is 5.37. The van der Waals surface area contributed by atoms with Crippen LogP contribution >= 0.6 is 11.6 Å². The number of alkyl halides is 2. The molecule has 2 rings (SSSR count). The van der Waals surface area contributed by atoms with Crippen LogP contribution in [0.15, 0.2) is 4.79 Å². The molecular weight excluding hydrogens is 308 g/mol. The number of halogens is 3. The number of nitrogens with one attached hydrogen (secondary N) is 1. The molecule has 0 aromatic carbocycles. The fraction of sp³-hybridized carbons (Fsp3) is 0.583. The third-order valence-corrected chi connectivity index (χ3v) is 3.80. The Hall–Kier alpha value is -1.54. The van der Waals surface area contributed by atoms with E-state index >= 15 is 0 Å². The van der Waals surface area contributed by atoms with Crippen LogP contribution in [0.2, 0.25) is 5.15 Å². The molecular formula is C12H14ClF2N3O3. The Kier molecular flexibility index (Phi) is 4.29. The van der Waals surface area contributed by atoms with Crippen LogP contribution in [0.3, 0.4) is 0 Å². The number of aryl methyl sites for hydroxylation is 1. The van der Waals surface area contributed by atoms with Crippen molar-refractivity contribution < 1.29 is 18.7 Å². The van der Waals surface area contributed by atoms with E-state index in [0.717, 1.165) is 4.68 Å². The molecule has 0 bridgehead atoms. The van der Waals surface area contributed by atoms with E-state index in [4.69, 9.17) is 11.6 Å². The monoisotopic (exact) mass is 321 g/mol. The number of hydrogen-bond donors (Lipinski definition) is 2. The van der Waals surface area contributed by atoms with Crippen LogP contribution in [0.5, 0.6) is 0 Å². The lowest BCUT2D eigenvalue weighted by Crippen LogP contribution is -2.44.